The maximum absolute atomic E-state index is 12.2. The Morgan fingerprint density at radius 3 is 2.27 bits per heavy atom. The van der Waals surface area contributed by atoms with Crippen molar-refractivity contribution in [3.05, 3.63) is 59.7 Å². The lowest BCUT2D eigenvalue weighted by atomic mass is 10.1. The molecule has 0 unspecified atom stereocenters. The first kappa shape index (κ1) is 17.6. The minimum Gasteiger partial charge on any atom is -0.478 e. The molecule has 6 nitrogen and oxygen atoms in total. The number of carbonyl (C=O) groups is 1. The number of nitrogens with zero attached hydrogens (tertiary/aromatic N) is 1. The molecule has 0 bridgehead atoms. The molecular weight excluding hydrogens is 355 g/mol. The van der Waals surface area contributed by atoms with E-state index in [9.17, 15) is 18.0 Å². The van der Waals surface area contributed by atoms with Gasteiger partial charge in [-0.3, -0.25) is 0 Å². The predicted molar refractivity (Wildman–Crippen MR) is 83.0 cm³/mol. The third kappa shape index (κ3) is 4.44. The Balaban J connectivity index is 1.58. The van der Waals surface area contributed by atoms with E-state index in [0.717, 1.165) is 0 Å². The molecule has 1 heterocycles. The quantitative estimate of drug-likeness (QED) is 0.879. The number of ether oxygens (including phenoxy) is 2. The Morgan fingerprint density at radius 2 is 1.69 bits per heavy atom. The molecule has 3 rings (SSSR count). The number of carboxylic acid groups (broad SMARTS) is 1. The van der Waals surface area contributed by atoms with E-state index in [1.807, 2.05) is 0 Å². The van der Waals surface area contributed by atoms with Crippen molar-refractivity contribution in [3.8, 4) is 11.5 Å². The molecule has 0 aliphatic carbocycles. The van der Waals surface area contributed by atoms with Gasteiger partial charge < -0.3 is 19.4 Å². The first-order valence-corrected chi connectivity index (χ1v) is 7.40. The van der Waals surface area contributed by atoms with Gasteiger partial charge in [-0.05, 0) is 42.0 Å². The molecule has 1 N–H and O–H groups in total. The van der Waals surface area contributed by atoms with Gasteiger partial charge in [0, 0.05) is 0 Å². The summed E-state index contributed by atoms with van der Waals surface area (Å²) in [5.41, 5.74) is 0.740. The second-order valence-electron chi connectivity index (χ2n) is 5.33. The molecule has 2 aromatic carbocycles. The van der Waals surface area contributed by atoms with Gasteiger partial charge in [-0.1, -0.05) is 17.3 Å². The lowest BCUT2D eigenvalue weighted by Gasteiger charge is -2.11. The second-order valence-corrected chi connectivity index (χ2v) is 5.33. The number of carboxylic acids is 1. The van der Waals surface area contributed by atoms with Crippen LogP contribution in [0.1, 0.15) is 28.4 Å². The number of alkyl halides is 3. The van der Waals surface area contributed by atoms with Crippen molar-refractivity contribution >= 4 is 11.9 Å². The van der Waals surface area contributed by atoms with Gasteiger partial charge in [-0.2, -0.15) is 0 Å². The summed E-state index contributed by atoms with van der Waals surface area (Å²) in [6, 6.07) is 11.0. The zero-order chi connectivity index (χ0) is 18.7. The standard InChI is InChI=1S/C17H12F3NO5/c18-17(19,20)25-13-7-1-10(2-8-13)14-9-15(21-26-14)24-12-5-3-11(4-6-12)16(22)23/h1-8,14H,9H2,(H,22,23)/t14-/m1/s1. The SMILES string of the molecule is O=C(O)c1ccc(OC2=NO[C@@H](c3ccc(OC(F)(F)F)cc3)C2)cc1. The molecule has 1 aliphatic heterocycles. The Hall–Kier alpha value is -3.23. The van der Waals surface area contributed by atoms with Gasteiger partial charge in [-0.15, -0.1) is 13.2 Å². The lowest BCUT2D eigenvalue weighted by Crippen LogP contribution is -2.17. The Labute approximate surface area is 145 Å². The van der Waals surface area contributed by atoms with Gasteiger partial charge >= 0.3 is 12.3 Å². The van der Waals surface area contributed by atoms with Crippen molar-refractivity contribution < 1.29 is 37.4 Å². The van der Waals surface area contributed by atoms with E-state index in [2.05, 4.69) is 9.89 Å². The smallest absolute Gasteiger partial charge is 0.478 e. The van der Waals surface area contributed by atoms with Crippen LogP contribution in [0.3, 0.4) is 0 Å². The molecule has 0 saturated heterocycles. The van der Waals surface area contributed by atoms with Crippen LogP contribution in [0.2, 0.25) is 0 Å². The van der Waals surface area contributed by atoms with Gasteiger partial charge in [0.05, 0.1) is 12.0 Å². The topological polar surface area (TPSA) is 77.4 Å². The predicted octanol–water partition coefficient (Wildman–Crippen LogP) is 4.14. The zero-order valence-corrected chi connectivity index (χ0v) is 13.1. The van der Waals surface area contributed by atoms with Gasteiger partial charge in [0.1, 0.15) is 11.5 Å². The van der Waals surface area contributed by atoms with Crippen LogP contribution in [-0.4, -0.2) is 23.3 Å². The normalized spacial score (nSPS) is 16.6. The Bertz CT molecular complexity index is 816. The highest BCUT2D eigenvalue weighted by Gasteiger charge is 2.31. The van der Waals surface area contributed by atoms with Crippen molar-refractivity contribution in [2.24, 2.45) is 5.16 Å². The van der Waals surface area contributed by atoms with Gasteiger partial charge in [0.25, 0.3) is 0 Å². The summed E-state index contributed by atoms with van der Waals surface area (Å²) in [5.74, 6) is -0.702. The van der Waals surface area contributed by atoms with E-state index in [1.54, 1.807) is 0 Å². The van der Waals surface area contributed by atoms with E-state index in [-0.39, 0.29) is 23.6 Å². The summed E-state index contributed by atoms with van der Waals surface area (Å²) in [6.45, 7) is 0. The summed E-state index contributed by atoms with van der Waals surface area (Å²) in [6.07, 6.45) is -4.96. The lowest BCUT2D eigenvalue weighted by molar-refractivity contribution is -0.274. The molecule has 0 radical (unpaired) electrons. The number of benzene rings is 2. The number of hydrogen-bond donors (Lipinski definition) is 1. The van der Waals surface area contributed by atoms with Crippen molar-refractivity contribution in [2.75, 3.05) is 0 Å². The van der Waals surface area contributed by atoms with Crippen LogP contribution in [0.15, 0.2) is 53.7 Å². The monoisotopic (exact) mass is 367 g/mol. The first-order valence-electron chi connectivity index (χ1n) is 7.40. The van der Waals surface area contributed by atoms with Crippen molar-refractivity contribution in [1.82, 2.24) is 0 Å². The van der Waals surface area contributed by atoms with Crippen molar-refractivity contribution in [1.29, 1.82) is 0 Å². The minimum absolute atomic E-state index is 0.126. The molecule has 2 aromatic rings. The molecule has 1 atom stereocenters. The number of hydrogen-bond acceptors (Lipinski definition) is 5. The van der Waals surface area contributed by atoms with Crippen LogP contribution < -0.4 is 9.47 Å². The van der Waals surface area contributed by atoms with Gasteiger partial charge in [0.15, 0.2) is 6.10 Å². The molecule has 0 amide bonds. The highest BCUT2D eigenvalue weighted by Crippen LogP contribution is 2.30. The maximum atomic E-state index is 12.2. The van der Waals surface area contributed by atoms with Gasteiger partial charge in [0.2, 0.25) is 5.90 Å². The van der Waals surface area contributed by atoms with Crippen molar-refractivity contribution in [3.63, 3.8) is 0 Å². The molecule has 1 aliphatic rings. The number of aromatic carboxylic acids is 1. The minimum atomic E-state index is -4.74. The maximum Gasteiger partial charge on any atom is 0.573 e. The number of rotatable bonds is 4. The fraction of sp³-hybridized carbons (Fsp3) is 0.176. The summed E-state index contributed by atoms with van der Waals surface area (Å²) >= 11 is 0. The van der Waals surface area contributed by atoms with Gasteiger partial charge in [-0.25, -0.2) is 4.79 Å². The van der Waals surface area contributed by atoms with Crippen molar-refractivity contribution in [2.45, 2.75) is 18.9 Å². The fourth-order valence-corrected chi connectivity index (χ4v) is 2.28. The number of halogens is 3. The highest BCUT2D eigenvalue weighted by molar-refractivity contribution is 5.88. The van der Waals surface area contributed by atoms with Crippen LogP contribution in [0.5, 0.6) is 11.5 Å². The zero-order valence-electron chi connectivity index (χ0n) is 13.1. The first-order chi connectivity index (χ1) is 12.3. The summed E-state index contributed by atoms with van der Waals surface area (Å²) in [4.78, 5) is 16.0. The molecule has 26 heavy (non-hydrogen) atoms. The average Bonchev–Trinajstić information content (AvgIpc) is 3.03. The largest absolute Gasteiger partial charge is 0.573 e. The molecule has 0 fully saturated rings. The molecule has 0 aromatic heterocycles. The average molecular weight is 367 g/mol. The van der Waals surface area contributed by atoms with E-state index < -0.39 is 18.4 Å². The highest BCUT2D eigenvalue weighted by atomic mass is 19.4. The van der Waals surface area contributed by atoms with E-state index in [0.29, 0.717) is 11.3 Å². The van der Waals surface area contributed by atoms with Crippen LogP contribution in [0, 0.1) is 0 Å². The van der Waals surface area contributed by atoms with E-state index >= 15 is 0 Å². The third-order valence-corrected chi connectivity index (χ3v) is 3.46. The molecular formula is C17H12F3NO5. The summed E-state index contributed by atoms with van der Waals surface area (Å²) in [5, 5.41) is 12.6. The summed E-state index contributed by atoms with van der Waals surface area (Å²) < 4.78 is 45.8. The van der Waals surface area contributed by atoms with Crippen LogP contribution in [0.25, 0.3) is 0 Å². The Morgan fingerprint density at radius 1 is 1.08 bits per heavy atom. The number of oxime groups is 1. The molecule has 0 spiro atoms. The van der Waals surface area contributed by atoms with Crippen LogP contribution in [-0.2, 0) is 4.84 Å². The molecule has 9 heteroatoms. The van der Waals surface area contributed by atoms with Crippen LogP contribution >= 0.6 is 0 Å². The van der Waals surface area contributed by atoms with Crippen LogP contribution in [0.4, 0.5) is 13.2 Å². The fourth-order valence-electron chi connectivity index (χ4n) is 2.28. The second kappa shape index (κ2) is 6.95. The molecule has 0 saturated carbocycles. The molecule has 136 valence electrons. The Kier molecular flexibility index (Phi) is 4.70. The third-order valence-electron chi connectivity index (χ3n) is 3.46. The van der Waals surface area contributed by atoms with E-state index in [1.165, 1.54) is 48.5 Å². The summed E-state index contributed by atoms with van der Waals surface area (Å²) in [7, 11) is 0. The van der Waals surface area contributed by atoms with E-state index in [4.69, 9.17) is 14.7 Å².